The Bertz CT molecular complexity index is 394. The van der Waals surface area contributed by atoms with Gasteiger partial charge in [0.15, 0.2) is 0 Å². The van der Waals surface area contributed by atoms with Gasteiger partial charge < -0.3 is 9.47 Å². The third-order valence-electron chi connectivity index (χ3n) is 1.73. The average Bonchev–Trinajstić information content (AvgIpc) is 2.08. The van der Waals surface area contributed by atoms with Gasteiger partial charge in [-0.05, 0) is 45.4 Å². The van der Waals surface area contributed by atoms with Crippen molar-refractivity contribution in [2.24, 2.45) is 0 Å². The number of carbonyl (C=O) groups is 1. The first-order valence-electron chi connectivity index (χ1n) is 4.95. The minimum absolute atomic E-state index is 0.503. The van der Waals surface area contributed by atoms with Gasteiger partial charge in [-0.2, -0.15) is 0 Å². The van der Waals surface area contributed by atoms with Crippen LogP contribution in [0.4, 0.5) is 4.79 Å². The average molecular weight is 287 g/mol. The molecule has 0 heterocycles. The van der Waals surface area contributed by atoms with Crippen LogP contribution in [0, 0.1) is 6.92 Å². The van der Waals surface area contributed by atoms with Gasteiger partial charge in [0.2, 0.25) is 0 Å². The van der Waals surface area contributed by atoms with Gasteiger partial charge in [-0.1, -0.05) is 22.0 Å². The number of rotatable bonds is 1. The minimum Gasteiger partial charge on any atom is -0.428 e. The third-order valence-corrected chi connectivity index (χ3v) is 2.23. The first-order valence-corrected chi connectivity index (χ1v) is 5.74. The van der Waals surface area contributed by atoms with Gasteiger partial charge in [-0.25, -0.2) is 4.79 Å². The maximum absolute atomic E-state index is 11.4. The van der Waals surface area contributed by atoms with Crippen LogP contribution >= 0.6 is 15.9 Å². The van der Waals surface area contributed by atoms with Gasteiger partial charge in [-0.3, -0.25) is 0 Å². The van der Waals surface area contributed by atoms with E-state index in [1.54, 1.807) is 26.8 Å². The molecule has 0 unspecified atom stereocenters. The Morgan fingerprint density at radius 2 is 1.94 bits per heavy atom. The highest BCUT2D eigenvalue weighted by molar-refractivity contribution is 9.10. The van der Waals surface area contributed by atoms with Crippen molar-refractivity contribution in [1.82, 2.24) is 0 Å². The van der Waals surface area contributed by atoms with Gasteiger partial charge in [0.1, 0.15) is 11.4 Å². The Kier molecular flexibility index (Phi) is 3.97. The van der Waals surface area contributed by atoms with E-state index in [4.69, 9.17) is 9.47 Å². The number of halogens is 1. The molecule has 0 spiro atoms. The van der Waals surface area contributed by atoms with Crippen LogP contribution in [0.5, 0.6) is 5.75 Å². The first-order chi connectivity index (χ1) is 7.28. The molecule has 0 N–H and O–H groups in total. The lowest BCUT2D eigenvalue weighted by Crippen LogP contribution is -2.26. The first kappa shape index (κ1) is 13.0. The second-order valence-electron chi connectivity index (χ2n) is 4.48. The van der Waals surface area contributed by atoms with Crippen LogP contribution in [0.15, 0.2) is 22.7 Å². The maximum atomic E-state index is 11.4. The summed E-state index contributed by atoms with van der Waals surface area (Å²) in [5.41, 5.74) is 0.339. The number of hydrogen-bond donors (Lipinski definition) is 0. The molecule has 16 heavy (non-hydrogen) atoms. The highest BCUT2D eigenvalue weighted by atomic mass is 79.9. The van der Waals surface area contributed by atoms with Gasteiger partial charge in [-0.15, -0.1) is 0 Å². The quantitative estimate of drug-likeness (QED) is 0.577. The van der Waals surface area contributed by atoms with Crippen LogP contribution in [0.1, 0.15) is 26.3 Å². The molecule has 0 aliphatic carbocycles. The van der Waals surface area contributed by atoms with E-state index in [-0.39, 0.29) is 0 Å². The molecule has 1 aromatic carbocycles. The summed E-state index contributed by atoms with van der Waals surface area (Å²) < 4.78 is 11.0. The molecule has 88 valence electrons. The van der Waals surface area contributed by atoms with Crippen LogP contribution in [0.25, 0.3) is 0 Å². The number of benzene rings is 1. The molecule has 0 atom stereocenters. The van der Waals surface area contributed by atoms with Crippen molar-refractivity contribution in [3.63, 3.8) is 0 Å². The molecule has 1 aromatic rings. The van der Waals surface area contributed by atoms with Crippen molar-refractivity contribution < 1.29 is 14.3 Å². The summed E-state index contributed by atoms with van der Waals surface area (Å²) in [4.78, 5) is 11.4. The normalized spacial score (nSPS) is 11.1. The maximum Gasteiger partial charge on any atom is 0.514 e. The molecule has 1 rings (SSSR count). The van der Waals surface area contributed by atoms with Crippen LogP contribution < -0.4 is 4.74 Å². The van der Waals surface area contributed by atoms with Gasteiger partial charge in [0, 0.05) is 4.47 Å². The summed E-state index contributed by atoms with van der Waals surface area (Å²) in [6.45, 7) is 7.25. The van der Waals surface area contributed by atoms with Crippen LogP contribution in [0.2, 0.25) is 0 Å². The van der Waals surface area contributed by atoms with Crippen LogP contribution in [0.3, 0.4) is 0 Å². The molecule has 0 saturated carbocycles. The van der Waals surface area contributed by atoms with Gasteiger partial charge >= 0.3 is 6.16 Å². The predicted octanol–water partition coefficient (Wildman–Crippen LogP) is 4.07. The molecule has 0 aromatic heterocycles. The van der Waals surface area contributed by atoms with E-state index in [2.05, 4.69) is 15.9 Å². The monoisotopic (exact) mass is 286 g/mol. The van der Waals surface area contributed by atoms with Crippen molar-refractivity contribution in [1.29, 1.82) is 0 Å². The largest absolute Gasteiger partial charge is 0.514 e. The molecule has 0 saturated heterocycles. The summed E-state index contributed by atoms with van der Waals surface area (Å²) in [5.74, 6) is 0.503. The van der Waals surface area contributed by atoms with Crippen molar-refractivity contribution >= 4 is 22.1 Å². The predicted molar refractivity (Wildman–Crippen MR) is 65.7 cm³/mol. The second kappa shape index (κ2) is 4.87. The van der Waals surface area contributed by atoms with Crippen LogP contribution in [-0.2, 0) is 4.74 Å². The summed E-state index contributed by atoms with van der Waals surface area (Å²) in [6.07, 6.45) is -0.686. The summed E-state index contributed by atoms with van der Waals surface area (Å²) >= 11 is 3.32. The van der Waals surface area contributed by atoms with Crippen molar-refractivity contribution in [2.45, 2.75) is 33.3 Å². The Labute approximate surface area is 104 Å². The number of aryl methyl sites for hydroxylation is 1. The van der Waals surface area contributed by atoms with E-state index in [0.29, 0.717) is 5.75 Å². The molecule has 3 nitrogen and oxygen atoms in total. The zero-order valence-corrected chi connectivity index (χ0v) is 11.4. The van der Waals surface area contributed by atoms with E-state index < -0.39 is 11.8 Å². The zero-order chi connectivity index (χ0) is 12.3. The lowest BCUT2D eigenvalue weighted by molar-refractivity contribution is 0.0204. The van der Waals surface area contributed by atoms with E-state index in [0.717, 1.165) is 10.0 Å². The molecule has 0 amide bonds. The minimum atomic E-state index is -0.686. The molecule has 0 radical (unpaired) electrons. The molecule has 0 bridgehead atoms. The highest BCUT2D eigenvalue weighted by Crippen LogP contribution is 2.23. The van der Waals surface area contributed by atoms with E-state index in [1.807, 2.05) is 19.1 Å². The fraction of sp³-hybridized carbons (Fsp3) is 0.417. The summed E-state index contributed by atoms with van der Waals surface area (Å²) in [5, 5.41) is 0. The van der Waals surface area contributed by atoms with Crippen molar-refractivity contribution in [2.75, 3.05) is 0 Å². The summed E-state index contributed by atoms with van der Waals surface area (Å²) in [7, 11) is 0. The van der Waals surface area contributed by atoms with E-state index in [9.17, 15) is 4.79 Å². The summed E-state index contributed by atoms with van der Waals surface area (Å²) in [6, 6.07) is 5.49. The molecule has 0 fully saturated rings. The lowest BCUT2D eigenvalue weighted by Gasteiger charge is -2.19. The standard InChI is InChI=1S/C12H15BrO3/c1-8-5-6-9(13)7-10(8)15-11(14)16-12(2,3)4/h5-7H,1-4H3. The number of carbonyl (C=O) groups excluding carboxylic acids is 1. The molecular weight excluding hydrogens is 272 g/mol. The molecule has 0 aliphatic heterocycles. The smallest absolute Gasteiger partial charge is 0.428 e. The van der Waals surface area contributed by atoms with Gasteiger partial charge in [0.05, 0.1) is 0 Å². The van der Waals surface area contributed by atoms with E-state index >= 15 is 0 Å². The van der Waals surface area contributed by atoms with Crippen LogP contribution in [-0.4, -0.2) is 11.8 Å². The number of hydrogen-bond acceptors (Lipinski definition) is 3. The molecule has 0 aliphatic rings. The topological polar surface area (TPSA) is 35.5 Å². The SMILES string of the molecule is Cc1ccc(Br)cc1OC(=O)OC(C)(C)C. The Morgan fingerprint density at radius 3 is 2.50 bits per heavy atom. The Balaban J connectivity index is 2.73. The fourth-order valence-corrected chi connectivity index (χ4v) is 1.38. The molecule has 4 heteroatoms. The highest BCUT2D eigenvalue weighted by Gasteiger charge is 2.18. The fourth-order valence-electron chi connectivity index (χ4n) is 1.04. The zero-order valence-electron chi connectivity index (χ0n) is 9.83. The Hall–Kier alpha value is -1.03. The Morgan fingerprint density at radius 1 is 1.31 bits per heavy atom. The van der Waals surface area contributed by atoms with Crippen molar-refractivity contribution in [3.05, 3.63) is 28.2 Å². The van der Waals surface area contributed by atoms with E-state index in [1.165, 1.54) is 0 Å². The third kappa shape index (κ3) is 4.23. The van der Waals surface area contributed by atoms with Crippen molar-refractivity contribution in [3.8, 4) is 5.75 Å². The lowest BCUT2D eigenvalue weighted by atomic mass is 10.2. The second-order valence-corrected chi connectivity index (χ2v) is 5.39. The van der Waals surface area contributed by atoms with Gasteiger partial charge in [0.25, 0.3) is 0 Å². The molecular formula is C12H15BrO3. The number of ether oxygens (including phenoxy) is 2.